The maximum atomic E-state index is 13.5. The molecule has 202 valence electrons. The molecule has 0 aliphatic rings. The number of halogens is 1. The van der Waals surface area contributed by atoms with Gasteiger partial charge in [-0.15, -0.1) is 0 Å². The number of aromatic nitrogens is 2. The number of nitro groups is 1. The maximum absolute atomic E-state index is 13.5. The van der Waals surface area contributed by atoms with Crippen molar-refractivity contribution in [1.29, 1.82) is 0 Å². The molecular formula is C27H19BrN4O8. The Morgan fingerprint density at radius 2 is 1.98 bits per heavy atom. The molecule has 2 aromatic heterocycles. The summed E-state index contributed by atoms with van der Waals surface area (Å²) in [6.45, 7) is 1.25. The second-order valence-electron chi connectivity index (χ2n) is 8.50. The molecule has 0 saturated heterocycles. The molecular weight excluding hydrogens is 588 g/mol. The Bertz CT molecular complexity index is 1900. The average Bonchev–Trinajstić information content (AvgIpc) is 3.38. The number of carboxylic acid groups (broad SMARTS) is 1. The second kappa shape index (κ2) is 10.6. The zero-order chi connectivity index (χ0) is 28.6. The summed E-state index contributed by atoms with van der Waals surface area (Å²) in [4.78, 5) is 40.4. The molecule has 0 aliphatic carbocycles. The predicted molar refractivity (Wildman–Crippen MR) is 149 cm³/mol. The number of nitrogens with zero attached hydrogens (tertiary/aromatic N) is 4. The highest BCUT2D eigenvalue weighted by atomic mass is 79.9. The lowest BCUT2D eigenvalue weighted by Crippen LogP contribution is -2.23. The zero-order valence-electron chi connectivity index (χ0n) is 20.9. The minimum Gasteiger partial charge on any atom is -0.496 e. The summed E-state index contributed by atoms with van der Waals surface area (Å²) in [6.07, 6.45) is -0.0889. The SMILES string of the molecule is COc1cccc2oc(-c3nc4ccccc4c(=O)n3N=Cc3cc(Br)c(O[C@@H](C)C(=O)O)c([N+](=O)[O-])c3)cc12. The molecule has 0 bridgehead atoms. The summed E-state index contributed by atoms with van der Waals surface area (Å²) in [5.41, 5.74) is 0.184. The van der Waals surface area contributed by atoms with Crippen molar-refractivity contribution in [3.63, 3.8) is 0 Å². The number of benzene rings is 3. The van der Waals surface area contributed by atoms with Crippen LogP contribution in [0.15, 0.2) is 79.4 Å². The van der Waals surface area contributed by atoms with Crippen LogP contribution >= 0.6 is 15.9 Å². The van der Waals surface area contributed by atoms with E-state index in [9.17, 15) is 19.7 Å². The van der Waals surface area contributed by atoms with E-state index in [1.165, 1.54) is 26.3 Å². The number of furan rings is 1. The standard InChI is InChI=1S/C27H19BrN4O8/c1-14(27(34)35)39-24-18(28)10-15(11-20(24)32(36)37)13-29-31-25(30-19-7-4-3-6-16(19)26(31)33)23-12-17-21(38-2)8-5-9-22(17)40-23/h3-14H,1-2H3,(H,34,35)/t14-/m0/s1. The highest BCUT2D eigenvalue weighted by Gasteiger charge is 2.25. The van der Waals surface area contributed by atoms with Crippen LogP contribution in [0, 0.1) is 10.1 Å². The molecule has 0 spiro atoms. The van der Waals surface area contributed by atoms with E-state index >= 15 is 0 Å². The lowest BCUT2D eigenvalue weighted by molar-refractivity contribution is -0.386. The van der Waals surface area contributed by atoms with Gasteiger partial charge in [0.1, 0.15) is 11.3 Å². The van der Waals surface area contributed by atoms with Crippen molar-refractivity contribution < 1.29 is 28.7 Å². The van der Waals surface area contributed by atoms with Gasteiger partial charge in [-0.3, -0.25) is 14.9 Å². The number of carboxylic acids is 1. The fourth-order valence-corrected chi connectivity index (χ4v) is 4.55. The number of nitro benzene ring substituents is 1. The summed E-state index contributed by atoms with van der Waals surface area (Å²) >= 11 is 3.21. The highest BCUT2D eigenvalue weighted by Crippen LogP contribution is 2.37. The van der Waals surface area contributed by atoms with Gasteiger partial charge in [0.25, 0.3) is 5.56 Å². The van der Waals surface area contributed by atoms with E-state index < -0.39 is 28.2 Å². The lowest BCUT2D eigenvalue weighted by Gasteiger charge is -2.12. The summed E-state index contributed by atoms with van der Waals surface area (Å²) < 4.78 is 17.9. The quantitative estimate of drug-likeness (QED) is 0.142. The number of carbonyl (C=O) groups is 1. The van der Waals surface area contributed by atoms with Gasteiger partial charge in [0.05, 0.1) is 39.0 Å². The Morgan fingerprint density at radius 3 is 2.70 bits per heavy atom. The summed E-state index contributed by atoms with van der Waals surface area (Å²) in [6, 6.07) is 16.3. The Kier molecular flexibility index (Phi) is 7.05. The Balaban J connectivity index is 1.66. The van der Waals surface area contributed by atoms with E-state index in [0.717, 1.165) is 10.7 Å². The molecule has 5 aromatic rings. The van der Waals surface area contributed by atoms with Crippen LogP contribution in [0.5, 0.6) is 11.5 Å². The number of ether oxygens (including phenoxy) is 2. The van der Waals surface area contributed by atoms with Crippen LogP contribution in [0.4, 0.5) is 5.69 Å². The topological polar surface area (TPSA) is 159 Å². The fraction of sp³-hybridized carbons (Fsp3) is 0.111. The van der Waals surface area contributed by atoms with Crippen LogP contribution in [-0.4, -0.2) is 45.1 Å². The molecule has 1 N–H and O–H groups in total. The number of aliphatic carboxylic acids is 1. The molecule has 3 aromatic carbocycles. The molecule has 0 unspecified atom stereocenters. The molecule has 0 amide bonds. The van der Waals surface area contributed by atoms with Crippen LogP contribution < -0.4 is 15.0 Å². The number of hydrogen-bond donors (Lipinski definition) is 1. The highest BCUT2D eigenvalue weighted by molar-refractivity contribution is 9.10. The number of methoxy groups -OCH3 is 1. The van der Waals surface area contributed by atoms with E-state index in [0.29, 0.717) is 27.6 Å². The van der Waals surface area contributed by atoms with Crippen molar-refractivity contribution in [2.75, 3.05) is 7.11 Å². The van der Waals surface area contributed by atoms with Gasteiger partial charge in [-0.2, -0.15) is 9.78 Å². The lowest BCUT2D eigenvalue weighted by atomic mass is 10.2. The van der Waals surface area contributed by atoms with Gasteiger partial charge in [0.15, 0.2) is 11.9 Å². The smallest absolute Gasteiger partial charge is 0.344 e. The molecule has 12 nitrogen and oxygen atoms in total. The molecule has 5 rings (SSSR count). The summed E-state index contributed by atoms with van der Waals surface area (Å²) in [7, 11) is 1.53. The van der Waals surface area contributed by atoms with E-state index in [-0.39, 0.29) is 27.4 Å². The first-order chi connectivity index (χ1) is 19.2. The Morgan fingerprint density at radius 1 is 1.20 bits per heavy atom. The van der Waals surface area contributed by atoms with Crippen LogP contribution in [0.25, 0.3) is 33.5 Å². The normalized spacial score (nSPS) is 12.2. The molecule has 40 heavy (non-hydrogen) atoms. The van der Waals surface area contributed by atoms with Crippen LogP contribution in [0.2, 0.25) is 0 Å². The minimum absolute atomic E-state index is 0.0991. The molecule has 13 heteroatoms. The second-order valence-corrected chi connectivity index (χ2v) is 9.36. The first kappa shape index (κ1) is 26.6. The van der Waals surface area contributed by atoms with Gasteiger partial charge >= 0.3 is 11.7 Å². The van der Waals surface area contributed by atoms with Crippen LogP contribution in [0.1, 0.15) is 12.5 Å². The summed E-state index contributed by atoms with van der Waals surface area (Å²) in [5, 5.41) is 26.2. The monoisotopic (exact) mass is 606 g/mol. The fourth-order valence-electron chi connectivity index (χ4n) is 3.99. The van der Waals surface area contributed by atoms with Crippen molar-refractivity contribution in [1.82, 2.24) is 9.66 Å². The van der Waals surface area contributed by atoms with Crippen molar-refractivity contribution in [3.8, 4) is 23.1 Å². The van der Waals surface area contributed by atoms with Gasteiger partial charge in [-0.05, 0) is 59.3 Å². The van der Waals surface area contributed by atoms with E-state index in [2.05, 4.69) is 26.0 Å². The third-order valence-corrected chi connectivity index (χ3v) is 6.51. The van der Waals surface area contributed by atoms with E-state index in [4.69, 9.17) is 19.0 Å². The Labute approximate surface area is 233 Å². The third kappa shape index (κ3) is 4.89. The van der Waals surface area contributed by atoms with Gasteiger partial charge in [-0.25, -0.2) is 9.78 Å². The van der Waals surface area contributed by atoms with Crippen molar-refractivity contribution in [3.05, 3.63) is 91.2 Å². The first-order valence-corrected chi connectivity index (χ1v) is 12.5. The minimum atomic E-state index is -1.33. The van der Waals surface area contributed by atoms with E-state index in [1.54, 1.807) is 48.5 Å². The molecule has 2 heterocycles. The molecule has 0 fully saturated rings. The molecule has 0 saturated carbocycles. The first-order valence-electron chi connectivity index (χ1n) is 11.7. The van der Waals surface area contributed by atoms with Crippen molar-refractivity contribution in [2.24, 2.45) is 5.10 Å². The van der Waals surface area contributed by atoms with Gasteiger partial charge < -0.3 is 19.0 Å². The molecule has 0 radical (unpaired) electrons. The third-order valence-electron chi connectivity index (χ3n) is 5.92. The van der Waals surface area contributed by atoms with Gasteiger partial charge in [-0.1, -0.05) is 18.2 Å². The summed E-state index contributed by atoms with van der Waals surface area (Å²) in [5.74, 6) is -0.619. The van der Waals surface area contributed by atoms with Gasteiger partial charge in [0, 0.05) is 11.6 Å². The Hall–Kier alpha value is -5.04. The number of rotatable bonds is 8. The number of hydrogen-bond acceptors (Lipinski definition) is 9. The van der Waals surface area contributed by atoms with Crippen molar-refractivity contribution >= 4 is 55.7 Å². The predicted octanol–water partition coefficient (Wildman–Crippen LogP) is 5.22. The van der Waals surface area contributed by atoms with Crippen molar-refractivity contribution in [2.45, 2.75) is 13.0 Å². The molecule has 1 atom stereocenters. The zero-order valence-corrected chi connectivity index (χ0v) is 22.5. The maximum Gasteiger partial charge on any atom is 0.344 e. The number of para-hydroxylation sites is 1. The van der Waals surface area contributed by atoms with E-state index in [1.807, 2.05) is 0 Å². The largest absolute Gasteiger partial charge is 0.496 e. The number of fused-ring (bicyclic) bond motifs is 2. The van der Waals surface area contributed by atoms with Gasteiger partial charge in [0.2, 0.25) is 11.6 Å². The van der Waals surface area contributed by atoms with Crippen LogP contribution in [0.3, 0.4) is 0 Å². The average molecular weight is 607 g/mol. The molecule has 0 aliphatic heterocycles. The van der Waals surface area contributed by atoms with Crippen LogP contribution in [-0.2, 0) is 4.79 Å².